The standard InChI is InChI=1S/C44H82NO8P/c1-6-8-10-12-14-16-18-20-21-22-23-25-26-28-30-32-34-36-43(46)50-40-42(41-52-54(48,49)51-39-38-45(3,4)5)53-44(47)37-35-33-31-29-27-24-19-17-15-13-11-9-7-2/h9,11,13,15,17,19,42H,6-8,10,12,14,16,18,20-41H2,1-5H3/p+1/b11-9+,15-13+,19-17+. The molecule has 0 aromatic carbocycles. The van der Waals surface area contributed by atoms with Crippen molar-refractivity contribution in [2.45, 2.75) is 187 Å². The van der Waals surface area contributed by atoms with Crippen LogP contribution in [0, 0.1) is 0 Å². The number of likely N-dealkylation sites (N-methyl/N-ethyl adjacent to an activating group) is 1. The predicted octanol–water partition coefficient (Wildman–Crippen LogP) is 12.1. The molecular weight excluding hydrogens is 701 g/mol. The SMILES string of the molecule is CC/C=C/C=C/C=C/CCCCCCCC(=O)OC(COC(=O)CCCCCCCCCCCCCCCCCCC)COP(=O)(O)OCC[N+](C)(C)C. The van der Waals surface area contributed by atoms with Crippen LogP contribution in [0.25, 0.3) is 0 Å². The van der Waals surface area contributed by atoms with Gasteiger partial charge in [0.2, 0.25) is 0 Å². The molecule has 0 aliphatic carbocycles. The van der Waals surface area contributed by atoms with E-state index < -0.39 is 26.5 Å². The molecule has 2 unspecified atom stereocenters. The summed E-state index contributed by atoms with van der Waals surface area (Å²) in [6.07, 6.45) is 40.5. The molecule has 1 N–H and O–H groups in total. The van der Waals surface area contributed by atoms with Crippen molar-refractivity contribution in [2.75, 3.05) is 47.5 Å². The smallest absolute Gasteiger partial charge is 0.462 e. The van der Waals surface area contributed by atoms with E-state index in [1.54, 1.807) is 0 Å². The van der Waals surface area contributed by atoms with Gasteiger partial charge in [0.05, 0.1) is 27.7 Å². The van der Waals surface area contributed by atoms with Crippen LogP contribution in [0.1, 0.15) is 181 Å². The molecule has 0 radical (unpaired) electrons. The number of phosphoric ester groups is 1. The van der Waals surface area contributed by atoms with Gasteiger partial charge < -0.3 is 18.9 Å². The normalized spacial score (nSPS) is 14.0. The maximum Gasteiger partial charge on any atom is 0.472 e. The zero-order chi connectivity index (χ0) is 40.0. The van der Waals surface area contributed by atoms with Crippen molar-refractivity contribution in [3.63, 3.8) is 0 Å². The fourth-order valence-electron chi connectivity index (χ4n) is 5.84. The largest absolute Gasteiger partial charge is 0.472 e. The van der Waals surface area contributed by atoms with E-state index >= 15 is 0 Å². The zero-order valence-electron chi connectivity index (χ0n) is 35.5. The summed E-state index contributed by atoms with van der Waals surface area (Å²) in [5.41, 5.74) is 0. The van der Waals surface area contributed by atoms with E-state index in [4.69, 9.17) is 18.5 Å². The van der Waals surface area contributed by atoms with Crippen LogP contribution in [-0.2, 0) is 32.7 Å². The van der Waals surface area contributed by atoms with E-state index in [0.717, 1.165) is 57.8 Å². The number of hydrogen-bond acceptors (Lipinski definition) is 7. The molecule has 0 spiro atoms. The van der Waals surface area contributed by atoms with Gasteiger partial charge in [0, 0.05) is 12.8 Å². The van der Waals surface area contributed by atoms with Gasteiger partial charge in [0.25, 0.3) is 0 Å². The minimum absolute atomic E-state index is 0.0278. The zero-order valence-corrected chi connectivity index (χ0v) is 36.3. The Morgan fingerprint density at radius 1 is 0.593 bits per heavy atom. The maximum atomic E-state index is 12.6. The fraction of sp³-hybridized carbons (Fsp3) is 0.818. The summed E-state index contributed by atoms with van der Waals surface area (Å²) >= 11 is 0. The quantitative estimate of drug-likeness (QED) is 0.0216. The van der Waals surface area contributed by atoms with Crippen molar-refractivity contribution in [3.05, 3.63) is 36.5 Å². The minimum atomic E-state index is -4.38. The summed E-state index contributed by atoms with van der Waals surface area (Å²) in [5, 5.41) is 0. The number of phosphoric acid groups is 1. The van der Waals surface area contributed by atoms with Gasteiger partial charge in [-0.2, -0.15) is 0 Å². The van der Waals surface area contributed by atoms with Crippen LogP contribution in [0.15, 0.2) is 36.5 Å². The van der Waals surface area contributed by atoms with Crippen LogP contribution >= 0.6 is 7.82 Å². The van der Waals surface area contributed by atoms with Gasteiger partial charge in [-0.3, -0.25) is 18.6 Å². The van der Waals surface area contributed by atoms with Gasteiger partial charge in [-0.25, -0.2) is 4.57 Å². The lowest BCUT2D eigenvalue weighted by atomic mass is 10.0. The van der Waals surface area contributed by atoms with Crippen molar-refractivity contribution in [1.82, 2.24) is 0 Å². The Hall–Kier alpha value is -1.77. The third kappa shape index (κ3) is 39.9. The molecule has 9 nitrogen and oxygen atoms in total. The second kappa shape index (κ2) is 36.8. The molecule has 0 heterocycles. The molecule has 0 amide bonds. The maximum absolute atomic E-state index is 12.6. The van der Waals surface area contributed by atoms with E-state index in [1.165, 1.54) is 89.9 Å². The Bertz CT molecular complexity index is 1020. The number of carbonyl (C=O) groups is 2. The summed E-state index contributed by atoms with van der Waals surface area (Å²) in [5.74, 6) is -0.819. The second-order valence-electron chi connectivity index (χ2n) is 15.8. The summed E-state index contributed by atoms with van der Waals surface area (Å²) in [7, 11) is 1.46. The van der Waals surface area contributed by atoms with Crippen LogP contribution in [0.5, 0.6) is 0 Å². The summed E-state index contributed by atoms with van der Waals surface area (Å²) < 4.78 is 34.3. The Kier molecular flexibility index (Phi) is 35.6. The topological polar surface area (TPSA) is 108 Å². The van der Waals surface area contributed by atoms with Gasteiger partial charge in [0.1, 0.15) is 19.8 Å². The second-order valence-corrected chi connectivity index (χ2v) is 17.2. The number of ether oxygens (including phenoxy) is 2. The number of esters is 2. The van der Waals surface area contributed by atoms with Crippen molar-refractivity contribution < 1.29 is 42.1 Å². The first-order valence-electron chi connectivity index (χ1n) is 21.7. The average molecular weight is 785 g/mol. The van der Waals surface area contributed by atoms with Gasteiger partial charge in [-0.1, -0.05) is 172 Å². The Morgan fingerprint density at radius 2 is 1.06 bits per heavy atom. The monoisotopic (exact) mass is 785 g/mol. The number of hydrogen-bond donors (Lipinski definition) is 1. The van der Waals surface area contributed by atoms with Crippen LogP contribution in [0.2, 0.25) is 0 Å². The third-order valence-corrected chi connectivity index (χ3v) is 10.2. The first kappa shape index (κ1) is 52.2. The van der Waals surface area contributed by atoms with Crippen LogP contribution in [-0.4, -0.2) is 74.9 Å². The highest BCUT2D eigenvalue weighted by atomic mass is 31.2. The van der Waals surface area contributed by atoms with Gasteiger partial charge >= 0.3 is 19.8 Å². The van der Waals surface area contributed by atoms with E-state index in [0.29, 0.717) is 17.4 Å². The van der Waals surface area contributed by atoms with Crippen molar-refractivity contribution in [1.29, 1.82) is 0 Å². The highest BCUT2D eigenvalue weighted by molar-refractivity contribution is 7.47. The van der Waals surface area contributed by atoms with E-state index in [-0.39, 0.29) is 32.0 Å². The van der Waals surface area contributed by atoms with Gasteiger partial charge in [-0.05, 0) is 32.1 Å². The van der Waals surface area contributed by atoms with Gasteiger partial charge in [0.15, 0.2) is 6.10 Å². The number of nitrogens with zero attached hydrogens (tertiary/aromatic N) is 1. The highest BCUT2D eigenvalue weighted by Crippen LogP contribution is 2.43. The lowest BCUT2D eigenvalue weighted by Gasteiger charge is -2.24. The van der Waals surface area contributed by atoms with Crippen LogP contribution in [0.3, 0.4) is 0 Å². The first-order chi connectivity index (χ1) is 26.0. The summed E-state index contributed by atoms with van der Waals surface area (Å²) in [6, 6.07) is 0. The van der Waals surface area contributed by atoms with Gasteiger partial charge in [-0.15, -0.1) is 0 Å². The molecule has 54 heavy (non-hydrogen) atoms. The molecule has 0 saturated heterocycles. The molecule has 0 fully saturated rings. The molecule has 316 valence electrons. The average Bonchev–Trinajstić information content (AvgIpc) is 3.12. The molecule has 0 bridgehead atoms. The van der Waals surface area contributed by atoms with Crippen LogP contribution < -0.4 is 0 Å². The molecule has 0 aromatic rings. The fourth-order valence-corrected chi connectivity index (χ4v) is 6.58. The molecule has 0 aliphatic rings. The number of allylic oxidation sites excluding steroid dienone is 6. The van der Waals surface area contributed by atoms with Crippen molar-refractivity contribution >= 4 is 19.8 Å². The number of unbranched alkanes of at least 4 members (excludes halogenated alkanes) is 21. The lowest BCUT2D eigenvalue weighted by Crippen LogP contribution is -2.37. The Labute approximate surface area is 331 Å². The number of rotatable bonds is 39. The highest BCUT2D eigenvalue weighted by Gasteiger charge is 2.27. The predicted molar refractivity (Wildman–Crippen MR) is 224 cm³/mol. The van der Waals surface area contributed by atoms with E-state index in [1.807, 2.05) is 33.3 Å². The summed E-state index contributed by atoms with van der Waals surface area (Å²) in [4.78, 5) is 35.3. The third-order valence-electron chi connectivity index (χ3n) is 9.25. The lowest BCUT2D eigenvalue weighted by molar-refractivity contribution is -0.870. The summed E-state index contributed by atoms with van der Waals surface area (Å²) in [6.45, 7) is 4.27. The Balaban J connectivity index is 4.34. The Morgan fingerprint density at radius 3 is 1.56 bits per heavy atom. The van der Waals surface area contributed by atoms with Crippen LogP contribution in [0.4, 0.5) is 0 Å². The molecule has 0 saturated carbocycles. The molecule has 0 aromatic heterocycles. The molecule has 0 rings (SSSR count). The molecule has 0 aliphatic heterocycles. The van der Waals surface area contributed by atoms with Crippen molar-refractivity contribution in [3.8, 4) is 0 Å². The molecule has 2 atom stereocenters. The number of carbonyl (C=O) groups excluding carboxylic acids is 2. The van der Waals surface area contributed by atoms with Crippen molar-refractivity contribution in [2.24, 2.45) is 0 Å². The first-order valence-corrected chi connectivity index (χ1v) is 23.2. The molecular formula is C44H83NO8P+. The van der Waals surface area contributed by atoms with E-state index in [2.05, 4.69) is 38.2 Å². The van der Waals surface area contributed by atoms with E-state index in [9.17, 15) is 19.0 Å². The molecule has 10 heteroatoms. The number of quaternary nitrogens is 1. The minimum Gasteiger partial charge on any atom is -0.462 e.